The molecule has 0 unspecified atom stereocenters. The summed E-state index contributed by atoms with van der Waals surface area (Å²) in [7, 11) is 1.94. The molecule has 0 fully saturated rings. The van der Waals surface area contributed by atoms with Gasteiger partial charge in [0.2, 0.25) is 0 Å². The second-order valence-corrected chi connectivity index (χ2v) is 5.52. The maximum atomic E-state index is 11.5. The summed E-state index contributed by atoms with van der Waals surface area (Å²) in [5.74, 6) is 0.0980. The van der Waals surface area contributed by atoms with Crippen LogP contribution in [0.2, 0.25) is 0 Å². The number of carbonyl (C=O) groups excluding carboxylic acids is 1. The van der Waals surface area contributed by atoms with Crippen LogP contribution in [0.1, 0.15) is 34.8 Å². The summed E-state index contributed by atoms with van der Waals surface area (Å²) in [6, 6.07) is 8.21. The molecule has 0 N–H and O–H groups in total. The van der Waals surface area contributed by atoms with Gasteiger partial charge in [0.1, 0.15) is 0 Å². The minimum Gasteiger partial charge on any atom is -0.323 e. The summed E-state index contributed by atoms with van der Waals surface area (Å²) in [6.07, 6.45) is 1.03. The number of benzene rings is 1. The monoisotopic (exact) mass is 274 g/mol. The van der Waals surface area contributed by atoms with Gasteiger partial charge in [0, 0.05) is 19.7 Å². The second-order valence-electron chi connectivity index (χ2n) is 4.55. The third-order valence-corrected chi connectivity index (χ3v) is 4.54. The summed E-state index contributed by atoms with van der Waals surface area (Å²) in [5.41, 5.74) is 3.20. The Morgan fingerprint density at radius 2 is 1.95 bits per heavy atom. The van der Waals surface area contributed by atoms with Crippen LogP contribution in [0.5, 0.6) is 0 Å². The van der Waals surface area contributed by atoms with Gasteiger partial charge in [-0.1, -0.05) is 30.4 Å². The number of carbonyl (C=O) groups is 1. The average Bonchev–Trinajstić information content (AvgIpc) is 2.68. The molecule has 19 heavy (non-hydrogen) atoms. The first-order valence-electron chi connectivity index (χ1n) is 6.34. The van der Waals surface area contributed by atoms with Crippen molar-refractivity contribution in [1.82, 2.24) is 4.57 Å². The number of aromatic nitrogens is 1. The molecular formula is C15H18N2OS. The highest BCUT2D eigenvalue weighted by atomic mass is 32.1. The van der Waals surface area contributed by atoms with Gasteiger partial charge in [-0.3, -0.25) is 4.79 Å². The lowest BCUT2D eigenvalue weighted by atomic mass is 10.2. The number of hydrogen-bond donors (Lipinski definition) is 0. The molecule has 100 valence electrons. The number of Topliss-reactive ketones (excluding diaryl/α,β-unsaturated/α-hetero) is 1. The molecule has 0 amide bonds. The Bertz CT molecular complexity index is 662. The van der Waals surface area contributed by atoms with E-state index in [-0.39, 0.29) is 5.78 Å². The van der Waals surface area contributed by atoms with Gasteiger partial charge in [-0.05, 0) is 31.0 Å². The van der Waals surface area contributed by atoms with Crippen LogP contribution in [0.25, 0.3) is 0 Å². The summed E-state index contributed by atoms with van der Waals surface area (Å²) in [6.45, 7) is 5.68. The van der Waals surface area contributed by atoms with E-state index in [9.17, 15) is 4.79 Å². The maximum absolute atomic E-state index is 11.5. The SMILES string of the molecule is CCc1ccc(/N=c2\sc(C(C)=O)c(C)n2C)cc1. The molecule has 1 heterocycles. The van der Waals surface area contributed by atoms with Crippen molar-refractivity contribution in [2.75, 3.05) is 0 Å². The van der Waals surface area contributed by atoms with Crippen LogP contribution in [0.3, 0.4) is 0 Å². The normalized spacial score (nSPS) is 11.9. The van der Waals surface area contributed by atoms with E-state index in [1.807, 2.05) is 30.7 Å². The van der Waals surface area contributed by atoms with Crippen molar-refractivity contribution >= 4 is 22.8 Å². The Morgan fingerprint density at radius 3 is 2.42 bits per heavy atom. The molecule has 3 nitrogen and oxygen atoms in total. The van der Waals surface area contributed by atoms with Gasteiger partial charge in [-0.25, -0.2) is 4.99 Å². The van der Waals surface area contributed by atoms with Gasteiger partial charge in [0.15, 0.2) is 10.6 Å². The van der Waals surface area contributed by atoms with Gasteiger partial charge in [-0.15, -0.1) is 0 Å². The summed E-state index contributed by atoms with van der Waals surface area (Å²) < 4.78 is 1.97. The van der Waals surface area contributed by atoms with Crippen molar-refractivity contribution in [3.05, 3.63) is 45.2 Å². The molecule has 2 aromatic rings. The molecule has 0 bridgehead atoms. The predicted octanol–water partition coefficient (Wildman–Crippen LogP) is 3.39. The van der Waals surface area contributed by atoms with Crippen molar-refractivity contribution < 1.29 is 4.79 Å². The van der Waals surface area contributed by atoms with E-state index >= 15 is 0 Å². The lowest BCUT2D eigenvalue weighted by Crippen LogP contribution is -2.11. The first-order valence-corrected chi connectivity index (χ1v) is 7.15. The molecule has 2 rings (SSSR count). The molecule has 4 heteroatoms. The van der Waals surface area contributed by atoms with Crippen molar-refractivity contribution in [2.45, 2.75) is 27.2 Å². The van der Waals surface area contributed by atoms with Gasteiger partial charge in [-0.2, -0.15) is 0 Å². The summed E-state index contributed by atoms with van der Waals surface area (Å²) >= 11 is 1.45. The molecule has 0 saturated carbocycles. The van der Waals surface area contributed by atoms with E-state index in [1.54, 1.807) is 6.92 Å². The first kappa shape index (κ1) is 13.7. The van der Waals surface area contributed by atoms with Crippen LogP contribution >= 0.6 is 11.3 Å². The Labute approximate surface area is 117 Å². The minimum atomic E-state index is 0.0980. The summed E-state index contributed by atoms with van der Waals surface area (Å²) in [4.78, 5) is 17.8. The highest BCUT2D eigenvalue weighted by Gasteiger charge is 2.10. The second kappa shape index (κ2) is 5.53. The van der Waals surface area contributed by atoms with Gasteiger partial charge in [0.05, 0.1) is 10.6 Å². The summed E-state index contributed by atoms with van der Waals surface area (Å²) in [5, 5.41) is 0. The predicted molar refractivity (Wildman–Crippen MR) is 79.1 cm³/mol. The zero-order valence-electron chi connectivity index (χ0n) is 11.7. The van der Waals surface area contributed by atoms with Crippen molar-refractivity contribution in [1.29, 1.82) is 0 Å². The number of rotatable bonds is 3. The van der Waals surface area contributed by atoms with E-state index in [1.165, 1.54) is 16.9 Å². The van der Waals surface area contributed by atoms with Crippen LogP contribution in [0.15, 0.2) is 29.3 Å². The standard InChI is InChI=1S/C15H18N2OS/c1-5-12-6-8-13(9-7-12)16-15-17(4)10(2)14(19-15)11(3)18/h6-9H,5H2,1-4H3/b16-15-. The third kappa shape index (κ3) is 2.84. The molecular weight excluding hydrogens is 256 g/mol. The highest BCUT2D eigenvalue weighted by molar-refractivity contribution is 7.11. The van der Waals surface area contributed by atoms with Crippen LogP contribution in [0.4, 0.5) is 5.69 Å². The largest absolute Gasteiger partial charge is 0.323 e. The van der Waals surface area contributed by atoms with E-state index in [4.69, 9.17) is 0 Å². The number of nitrogens with zero attached hydrogens (tertiary/aromatic N) is 2. The molecule has 0 aliphatic heterocycles. The third-order valence-electron chi connectivity index (χ3n) is 3.20. The van der Waals surface area contributed by atoms with E-state index < -0.39 is 0 Å². The average molecular weight is 274 g/mol. The molecule has 0 radical (unpaired) electrons. The number of ketones is 1. The van der Waals surface area contributed by atoms with Crippen LogP contribution < -0.4 is 4.80 Å². The van der Waals surface area contributed by atoms with E-state index in [0.717, 1.165) is 27.5 Å². The fraction of sp³-hybridized carbons (Fsp3) is 0.333. The molecule has 1 aromatic carbocycles. The van der Waals surface area contributed by atoms with Crippen LogP contribution in [-0.2, 0) is 13.5 Å². The van der Waals surface area contributed by atoms with Crippen LogP contribution in [0, 0.1) is 6.92 Å². The van der Waals surface area contributed by atoms with Crippen molar-refractivity contribution in [3.63, 3.8) is 0 Å². The van der Waals surface area contributed by atoms with Gasteiger partial charge in [0.25, 0.3) is 0 Å². The minimum absolute atomic E-state index is 0.0980. The quantitative estimate of drug-likeness (QED) is 0.790. The van der Waals surface area contributed by atoms with Crippen molar-refractivity contribution in [2.24, 2.45) is 12.0 Å². The topological polar surface area (TPSA) is 34.4 Å². The molecule has 0 aliphatic rings. The van der Waals surface area contributed by atoms with E-state index in [2.05, 4.69) is 24.0 Å². The number of hydrogen-bond acceptors (Lipinski definition) is 3. The van der Waals surface area contributed by atoms with E-state index in [0.29, 0.717) is 0 Å². The Kier molecular flexibility index (Phi) is 4.00. The zero-order valence-corrected chi connectivity index (χ0v) is 12.5. The lowest BCUT2D eigenvalue weighted by molar-refractivity contribution is 0.102. The van der Waals surface area contributed by atoms with Crippen molar-refractivity contribution in [3.8, 4) is 0 Å². The molecule has 0 saturated heterocycles. The lowest BCUT2D eigenvalue weighted by Gasteiger charge is -1.98. The van der Waals surface area contributed by atoms with Gasteiger partial charge >= 0.3 is 0 Å². The fourth-order valence-corrected chi connectivity index (χ4v) is 2.91. The Hall–Kier alpha value is -1.68. The van der Waals surface area contributed by atoms with Gasteiger partial charge < -0.3 is 4.57 Å². The zero-order chi connectivity index (χ0) is 14.0. The highest BCUT2D eigenvalue weighted by Crippen LogP contribution is 2.15. The number of thiazole rings is 1. The van der Waals surface area contributed by atoms with Crippen LogP contribution in [-0.4, -0.2) is 10.4 Å². The first-order chi connectivity index (χ1) is 9.02. The molecule has 0 aliphatic carbocycles. The Morgan fingerprint density at radius 1 is 1.32 bits per heavy atom. The maximum Gasteiger partial charge on any atom is 0.190 e. The number of aryl methyl sites for hydroxylation is 1. The molecule has 0 spiro atoms. The Balaban J connectivity index is 2.48. The molecule has 1 aromatic heterocycles. The fourth-order valence-electron chi connectivity index (χ4n) is 1.87. The molecule has 0 atom stereocenters. The smallest absolute Gasteiger partial charge is 0.190 e.